The molecule has 0 aliphatic heterocycles. The summed E-state index contributed by atoms with van der Waals surface area (Å²) >= 11 is 0. The predicted octanol–water partition coefficient (Wildman–Crippen LogP) is 2.77. The standard InChI is InChI=1S/C15H22FNO3/c1-4-11(2)17(8-9-20-3)10-12-6-5-7-13(14(12)16)15(18)19/h5-7,11H,4,8-10H2,1-3H3,(H,18,19). The van der Waals surface area contributed by atoms with Crippen molar-refractivity contribution in [1.29, 1.82) is 0 Å². The first-order valence-corrected chi connectivity index (χ1v) is 6.74. The van der Waals surface area contributed by atoms with Crippen LogP contribution in [0.1, 0.15) is 36.2 Å². The fourth-order valence-corrected chi connectivity index (χ4v) is 2.01. The highest BCUT2D eigenvalue weighted by Crippen LogP contribution is 2.17. The smallest absolute Gasteiger partial charge is 0.338 e. The minimum atomic E-state index is -1.24. The Kier molecular flexibility index (Phi) is 6.61. The second kappa shape index (κ2) is 7.97. The number of methoxy groups -OCH3 is 1. The molecule has 0 radical (unpaired) electrons. The van der Waals surface area contributed by atoms with Crippen molar-refractivity contribution < 1.29 is 19.0 Å². The van der Waals surface area contributed by atoms with E-state index in [1.54, 1.807) is 19.2 Å². The molecule has 1 unspecified atom stereocenters. The Bertz CT molecular complexity index is 451. The van der Waals surface area contributed by atoms with E-state index >= 15 is 0 Å². The zero-order valence-corrected chi connectivity index (χ0v) is 12.2. The lowest BCUT2D eigenvalue weighted by atomic mass is 10.1. The van der Waals surface area contributed by atoms with Crippen molar-refractivity contribution in [2.75, 3.05) is 20.3 Å². The number of hydrogen-bond acceptors (Lipinski definition) is 3. The van der Waals surface area contributed by atoms with E-state index in [1.165, 1.54) is 6.07 Å². The van der Waals surface area contributed by atoms with Crippen molar-refractivity contribution in [2.45, 2.75) is 32.9 Å². The first-order valence-electron chi connectivity index (χ1n) is 6.74. The molecule has 1 N–H and O–H groups in total. The minimum Gasteiger partial charge on any atom is -0.478 e. The molecular formula is C15H22FNO3. The largest absolute Gasteiger partial charge is 0.478 e. The third-order valence-corrected chi connectivity index (χ3v) is 3.48. The molecule has 0 spiro atoms. The van der Waals surface area contributed by atoms with Crippen LogP contribution in [0.5, 0.6) is 0 Å². The summed E-state index contributed by atoms with van der Waals surface area (Å²) in [5, 5.41) is 8.95. The lowest BCUT2D eigenvalue weighted by molar-refractivity contribution is 0.0691. The maximum atomic E-state index is 14.1. The van der Waals surface area contributed by atoms with Crippen LogP contribution in [-0.2, 0) is 11.3 Å². The predicted molar refractivity (Wildman–Crippen MR) is 75.4 cm³/mol. The zero-order valence-electron chi connectivity index (χ0n) is 12.2. The van der Waals surface area contributed by atoms with Crippen LogP contribution in [0.15, 0.2) is 18.2 Å². The molecule has 0 aliphatic rings. The average Bonchev–Trinajstić information content (AvgIpc) is 2.43. The van der Waals surface area contributed by atoms with Crippen LogP contribution < -0.4 is 0 Å². The van der Waals surface area contributed by atoms with E-state index in [2.05, 4.69) is 18.7 Å². The minimum absolute atomic E-state index is 0.276. The average molecular weight is 283 g/mol. The van der Waals surface area contributed by atoms with Crippen molar-refractivity contribution >= 4 is 5.97 Å². The van der Waals surface area contributed by atoms with E-state index < -0.39 is 11.8 Å². The Morgan fingerprint density at radius 1 is 1.50 bits per heavy atom. The van der Waals surface area contributed by atoms with Gasteiger partial charge >= 0.3 is 5.97 Å². The number of carboxylic acids is 1. The molecule has 4 nitrogen and oxygen atoms in total. The number of hydrogen-bond donors (Lipinski definition) is 1. The van der Waals surface area contributed by atoms with Gasteiger partial charge < -0.3 is 9.84 Å². The van der Waals surface area contributed by atoms with Crippen molar-refractivity contribution in [2.24, 2.45) is 0 Å². The van der Waals surface area contributed by atoms with Crippen molar-refractivity contribution in [3.05, 3.63) is 35.1 Å². The topological polar surface area (TPSA) is 49.8 Å². The Balaban J connectivity index is 2.93. The first kappa shape index (κ1) is 16.6. The van der Waals surface area contributed by atoms with E-state index in [0.717, 1.165) is 6.42 Å². The van der Waals surface area contributed by atoms with E-state index in [-0.39, 0.29) is 11.6 Å². The fraction of sp³-hybridized carbons (Fsp3) is 0.533. The van der Waals surface area contributed by atoms with Gasteiger partial charge in [0.25, 0.3) is 0 Å². The quantitative estimate of drug-likeness (QED) is 0.797. The summed E-state index contributed by atoms with van der Waals surface area (Å²) < 4.78 is 19.2. The van der Waals surface area contributed by atoms with Crippen LogP contribution in [0, 0.1) is 5.82 Å². The zero-order chi connectivity index (χ0) is 15.1. The van der Waals surface area contributed by atoms with Crippen LogP contribution in [0.25, 0.3) is 0 Å². The number of ether oxygens (including phenoxy) is 1. The maximum Gasteiger partial charge on any atom is 0.338 e. The molecule has 1 aromatic carbocycles. The van der Waals surface area contributed by atoms with Gasteiger partial charge in [0.15, 0.2) is 0 Å². The SMILES string of the molecule is CCC(C)N(CCOC)Cc1cccc(C(=O)O)c1F. The Labute approximate surface area is 119 Å². The molecule has 0 bridgehead atoms. The van der Waals surface area contributed by atoms with Gasteiger partial charge in [0, 0.05) is 31.8 Å². The molecule has 1 atom stereocenters. The van der Waals surface area contributed by atoms with Gasteiger partial charge in [0.1, 0.15) is 5.82 Å². The van der Waals surface area contributed by atoms with E-state index in [0.29, 0.717) is 25.3 Å². The first-order chi connectivity index (χ1) is 9.51. The molecule has 1 rings (SSSR count). The third kappa shape index (κ3) is 4.28. The summed E-state index contributed by atoms with van der Waals surface area (Å²) in [6.45, 7) is 5.75. The number of carbonyl (C=O) groups is 1. The molecule has 0 aromatic heterocycles. The molecule has 0 amide bonds. The Morgan fingerprint density at radius 2 is 2.20 bits per heavy atom. The summed E-state index contributed by atoms with van der Waals surface area (Å²) in [4.78, 5) is 13.0. The van der Waals surface area contributed by atoms with E-state index in [1.807, 2.05) is 0 Å². The molecule has 0 aliphatic carbocycles. The van der Waals surface area contributed by atoms with Crippen LogP contribution in [-0.4, -0.2) is 42.3 Å². The van der Waals surface area contributed by atoms with Crippen LogP contribution in [0.3, 0.4) is 0 Å². The van der Waals surface area contributed by atoms with Crippen molar-refractivity contribution in [3.63, 3.8) is 0 Å². The number of aromatic carboxylic acids is 1. The second-order valence-corrected chi connectivity index (χ2v) is 4.80. The normalized spacial score (nSPS) is 12.7. The van der Waals surface area contributed by atoms with Crippen LogP contribution >= 0.6 is 0 Å². The number of rotatable bonds is 8. The third-order valence-electron chi connectivity index (χ3n) is 3.48. The number of carboxylic acid groups (broad SMARTS) is 1. The molecule has 0 saturated carbocycles. The summed E-state index contributed by atoms with van der Waals surface area (Å²) in [5.74, 6) is -1.89. The van der Waals surface area contributed by atoms with E-state index in [9.17, 15) is 9.18 Å². The van der Waals surface area contributed by atoms with E-state index in [4.69, 9.17) is 9.84 Å². The second-order valence-electron chi connectivity index (χ2n) is 4.80. The highest BCUT2D eigenvalue weighted by molar-refractivity contribution is 5.88. The van der Waals surface area contributed by atoms with Gasteiger partial charge in [-0.3, -0.25) is 4.90 Å². The Morgan fingerprint density at radius 3 is 2.75 bits per heavy atom. The number of nitrogens with zero attached hydrogens (tertiary/aromatic N) is 1. The maximum absolute atomic E-state index is 14.1. The van der Waals surface area contributed by atoms with Crippen molar-refractivity contribution in [1.82, 2.24) is 4.90 Å². The highest BCUT2D eigenvalue weighted by Gasteiger charge is 2.18. The molecule has 112 valence electrons. The lowest BCUT2D eigenvalue weighted by Gasteiger charge is -2.28. The lowest BCUT2D eigenvalue weighted by Crippen LogP contribution is -2.35. The van der Waals surface area contributed by atoms with Gasteiger partial charge in [0.2, 0.25) is 0 Å². The molecule has 20 heavy (non-hydrogen) atoms. The van der Waals surface area contributed by atoms with Gasteiger partial charge in [-0.1, -0.05) is 19.1 Å². The molecule has 1 aromatic rings. The highest BCUT2D eigenvalue weighted by atomic mass is 19.1. The van der Waals surface area contributed by atoms with Gasteiger partial charge in [-0.15, -0.1) is 0 Å². The summed E-state index contributed by atoms with van der Waals surface area (Å²) in [7, 11) is 1.63. The fourth-order valence-electron chi connectivity index (χ4n) is 2.01. The molecule has 0 fully saturated rings. The van der Waals surface area contributed by atoms with Gasteiger partial charge in [-0.25, -0.2) is 9.18 Å². The monoisotopic (exact) mass is 283 g/mol. The molecule has 0 heterocycles. The van der Waals surface area contributed by atoms with Crippen LogP contribution in [0.4, 0.5) is 4.39 Å². The number of benzene rings is 1. The van der Waals surface area contributed by atoms with Crippen molar-refractivity contribution in [3.8, 4) is 0 Å². The van der Waals surface area contributed by atoms with Gasteiger partial charge in [0.05, 0.1) is 12.2 Å². The van der Waals surface area contributed by atoms with Crippen LogP contribution in [0.2, 0.25) is 0 Å². The Hall–Kier alpha value is -1.46. The summed E-state index contributed by atoms with van der Waals surface area (Å²) in [6.07, 6.45) is 0.934. The number of halogens is 1. The molecule has 0 saturated heterocycles. The van der Waals surface area contributed by atoms with Gasteiger partial charge in [-0.2, -0.15) is 0 Å². The van der Waals surface area contributed by atoms with Gasteiger partial charge in [-0.05, 0) is 19.4 Å². The summed E-state index contributed by atoms with van der Waals surface area (Å²) in [6, 6.07) is 4.76. The molecule has 5 heteroatoms. The summed E-state index contributed by atoms with van der Waals surface area (Å²) in [5.41, 5.74) is 0.125. The molecular weight excluding hydrogens is 261 g/mol.